The summed E-state index contributed by atoms with van der Waals surface area (Å²) in [7, 11) is 0. The molecular weight excluding hydrogens is 372 g/mol. The van der Waals surface area contributed by atoms with Crippen LogP contribution in [0.15, 0.2) is 29.6 Å². The smallest absolute Gasteiger partial charge is 0.252 e. The number of aryl methyl sites for hydroxylation is 1. The number of anilines is 1. The summed E-state index contributed by atoms with van der Waals surface area (Å²) in [5.41, 5.74) is 2.52. The number of nitrogens with one attached hydrogen (secondary N) is 1. The molecule has 1 aromatic carbocycles. The minimum absolute atomic E-state index is 0.0346. The molecule has 0 atom stereocenters. The van der Waals surface area contributed by atoms with E-state index in [0.29, 0.717) is 16.3 Å². The number of carbonyl (C=O) groups excluding carboxylic acids is 2. The number of Topliss-reactive ketones (excluding diaryl/α,β-unsaturated/α-hetero) is 1. The van der Waals surface area contributed by atoms with E-state index < -0.39 is 0 Å². The standard InChI is InChI=1S/C21H22N4O2S/c1-13-6-5-7-16-19(13)23-18(24-20(16)25-8-3-4-9-25)11-22-21(27)15-10-17(14(2)26)28-12-15/h5-7,10,12H,3-4,8-9,11H2,1-2H3,(H,22,27). The minimum Gasteiger partial charge on any atom is -0.356 e. The molecule has 4 rings (SSSR count). The molecule has 1 amide bonds. The summed E-state index contributed by atoms with van der Waals surface area (Å²) in [5.74, 6) is 1.29. The zero-order valence-corrected chi connectivity index (χ0v) is 16.8. The molecule has 1 aliphatic heterocycles. The van der Waals surface area contributed by atoms with Gasteiger partial charge in [0.05, 0.1) is 22.5 Å². The van der Waals surface area contributed by atoms with Crippen LogP contribution in [0.25, 0.3) is 10.9 Å². The van der Waals surface area contributed by atoms with Crippen molar-refractivity contribution in [2.75, 3.05) is 18.0 Å². The number of benzene rings is 1. The first-order chi connectivity index (χ1) is 13.5. The fourth-order valence-electron chi connectivity index (χ4n) is 3.47. The average molecular weight is 395 g/mol. The van der Waals surface area contributed by atoms with E-state index in [1.54, 1.807) is 11.4 Å². The Balaban J connectivity index is 1.60. The highest BCUT2D eigenvalue weighted by Gasteiger charge is 2.19. The number of thiophene rings is 1. The van der Waals surface area contributed by atoms with Crippen molar-refractivity contribution in [3.8, 4) is 0 Å². The number of fused-ring (bicyclic) bond motifs is 1. The van der Waals surface area contributed by atoms with Crippen LogP contribution in [0.2, 0.25) is 0 Å². The van der Waals surface area contributed by atoms with E-state index in [2.05, 4.69) is 16.3 Å². The molecule has 1 aliphatic rings. The SMILES string of the molecule is CC(=O)c1cc(C(=O)NCc2nc(N3CCCC3)c3cccc(C)c3n2)cs1. The van der Waals surface area contributed by atoms with Crippen LogP contribution in [-0.2, 0) is 6.54 Å². The normalized spacial score (nSPS) is 13.9. The Bertz CT molecular complexity index is 1050. The third kappa shape index (κ3) is 3.62. The number of carbonyl (C=O) groups is 2. The van der Waals surface area contributed by atoms with E-state index in [-0.39, 0.29) is 18.2 Å². The highest BCUT2D eigenvalue weighted by atomic mass is 32.1. The van der Waals surface area contributed by atoms with Gasteiger partial charge in [0.25, 0.3) is 5.91 Å². The maximum absolute atomic E-state index is 12.4. The van der Waals surface area contributed by atoms with E-state index in [9.17, 15) is 9.59 Å². The third-order valence-corrected chi connectivity index (χ3v) is 6.01. The van der Waals surface area contributed by atoms with E-state index >= 15 is 0 Å². The zero-order valence-electron chi connectivity index (χ0n) is 16.0. The van der Waals surface area contributed by atoms with E-state index in [4.69, 9.17) is 9.97 Å². The molecule has 28 heavy (non-hydrogen) atoms. The lowest BCUT2D eigenvalue weighted by Gasteiger charge is -2.20. The number of ketones is 1. The van der Waals surface area contributed by atoms with Crippen molar-refractivity contribution in [2.24, 2.45) is 0 Å². The van der Waals surface area contributed by atoms with Crippen LogP contribution in [0, 0.1) is 6.92 Å². The maximum Gasteiger partial charge on any atom is 0.252 e. The van der Waals surface area contributed by atoms with Crippen LogP contribution >= 0.6 is 11.3 Å². The van der Waals surface area contributed by atoms with Gasteiger partial charge in [-0.05, 0) is 44.4 Å². The Kier molecular flexibility index (Phi) is 5.09. The van der Waals surface area contributed by atoms with Crippen molar-refractivity contribution >= 4 is 39.7 Å². The lowest BCUT2D eigenvalue weighted by molar-refractivity contribution is 0.0950. The number of aromatic nitrogens is 2. The minimum atomic E-state index is -0.222. The van der Waals surface area contributed by atoms with Gasteiger partial charge in [0.1, 0.15) is 5.82 Å². The largest absolute Gasteiger partial charge is 0.356 e. The van der Waals surface area contributed by atoms with E-state index in [1.807, 2.05) is 19.1 Å². The first kappa shape index (κ1) is 18.6. The lowest BCUT2D eigenvalue weighted by Crippen LogP contribution is -2.25. The summed E-state index contributed by atoms with van der Waals surface area (Å²) in [6.45, 7) is 5.77. The number of hydrogen-bond acceptors (Lipinski definition) is 6. The Morgan fingerprint density at radius 3 is 2.71 bits per heavy atom. The third-order valence-electron chi connectivity index (χ3n) is 4.98. The number of para-hydroxylation sites is 1. The fraction of sp³-hybridized carbons (Fsp3) is 0.333. The molecule has 0 saturated carbocycles. The highest BCUT2D eigenvalue weighted by molar-refractivity contribution is 7.12. The molecule has 2 aromatic heterocycles. The van der Waals surface area contributed by atoms with Crippen molar-refractivity contribution < 1.29 is 9.59 Å². The molecule has 1 N–H and O–H groups in total. The summed E-state index contributed by atoms with van der Waals surface area (Å²) in [5, 5.41) is 5.64. The molecule has 6 nitrogen and oxygen atoms in total. The number of nitrogens with zero attached hydrogens (tertiary/aromatic N) is 3. The zero-order chi connectivity index (χ0) is 19.7. The molecule has 0 aliphatic carbocycles. The summed E-state index contributed by atoms with van der Waals surface area (Å²) in [6.07, 6.45) is 2.33. The van der Waals surface area contributed by atoms with Gasteiger partial charge in [0, 0.05) is 23.9 Å². The van der Waals surface area contributed by atoms with Crippen molar-refractivity contribution in [2.45, 2.75) is 33.2 Å². The number of hydrogen-bond donors (Lipinski definition) is 1. The molecule has 7 heteroatoms. The predicted octanol–water partition coefficient (Wildman–Crippen LogP) is 3.73. The van der Waals surface area contributed by atoms with Crippen molar-refractivity contribution in [3.63, 3.8) is 0 Å². The Hall–Kier alpha value is -2.80. The quantitative estimate of drug-likeness (QED) is 0.668. The van der Waals surface area contributed by atoms with Gasteiger partial charge in [-0.1, -0.05) is 12.1 Å². The molecule has 0 bridgehead atoms. The van der Waals surface area contributed by atoms with Gasteiger partial charge in [0.2, 0.25) is 0 Å². The summed E-state index contributed by atoms with van der Waals surface area (Å²) < 4.78 is 0. The average Bonchev–Trinajstić information content (AvgIpc) is 3.38. The van der Waals surface area contributed by atoms with Crippen molar-refractivity contribution in [1.29, 1.82) is 0 Å². The number of amides is 1. The van der Waals surface area contributed by atoms with Crippen LogP contribution in [0.4, 0.5) is 5.82 Å². The van der Waals surface area contributed by atoms with Gasteiger partial charge in [-0.3, -0.25) is 9.59 Å². The summed E-state index contributed by atoms with van der Waals surface area (Å²) in [4.78, 5) is 36.2. The molecule has 0 radical (unpaired) electrons. The second kappa shape index (κ2) is 7.67. The van der Waals surface area contributed by atoms with Gasteiger partial charge in [-0.2, -0.15) is 0 Å². The van der Waals surface area contributed by atoms with Crippen LogP contribution in [0.5, 0.6) is 0 Å². The first-order valence-corrected chi connectivity index (χ1v) is 10.3. The van der Waals surface area contributed by atoms with Gasteiger partial charge in [-0.15, -0.1) is 11.3 Å². The van der Waals surface area contributed by atoms with Gasteiger partial charge in [-0.25, -0.2) is 9.97 Å². The first-order valence-electron chi connectivity index (χ1n) is 9.42. The summed E-state index contributed by atoms with van der Waals surface area (Å²) >= 11 is 1.28. The van der Waals surface area contributed by atoms with Crippen molar-refractivity contribution in [1.82, 2.24) is 15.3 Å². The summed E-state index contributed by atoms with van der Waals surface area (Å²) in [6, 6.07) is 7.77. The Morgan fingerprint density at radius 1 is 1.21 bits per heavy atom. The van der Waals surface area contributed by atoms with Crippen molar-refractivity contribution in [3.05, 3.63) is 51.5 Å². The van der Waals surface area contributed by atoms with Crippen LogP contribution in [0.3, 0.4) is 0 Å². The maximum atomic E-state index is 12.4. The van der Waals surface area contributed by atoms with E-state index in [0.717, 1.165) is 35.4 Å². The molecular formula is C21H22N4O2S. The van der Waals surface area contributed by atoms with E-state index in [1.165, 1.54) is 31.1 Å². The highest BCUT2D eigenvalue weighted by Crippen LogP contribution is 2.28. The molecule has 1 saturated heterocycles. The predicted molar refractivity (Wildman–Crippen MR) is 111 cm³/mol. The molecule has 0 unspecified atom stereocenters. The molecule has 0 spiro atoms. The Labute approximate surface area is 167 Å². The van der Waals surface area contributed by atoms with Crippen LogP contribution in [-0.4, -0.2) is 34.7 Å². The fourth-order valence-corrected chi connectivity index (χ4v) is 4.26. The second-order valence-corrected chi connectivity index (χ2v) is 7.98. The van der Waals surface area contributed by atoms with Gasteiger partial charge in [0.15, 0.2) is 11.6 Å². The van der Waals surface area contributed by atoms with Crippen LogP contribution in [0.1, 0.15) is 51.2 Å². The molecule has 1 fully saturated rings. The topological polar surface area (TPSA) is 75.2 Å². The monoisotopic (exact) mass is 394 g/mol. The molecule has 3 aromatic rings. The van der Waals surface area contributed by atoms with Gasteiger partial charge >= 0.3 is 0 Å². The second-order valence-electron chi connectivity index (χ2n) is 7.07. The molecule has 3 heterocycles. The lowest BCUT2D eigenvalue weighted by atomic mass is 10.1. The molecule has 144 valence electrons. The number of rotatable bonds is 5. The van der Waals surface area contributed by atoms with Gasteiger partial charge < -0.3 is 10.2 Å². The van der Waals surface area contributed by atoms with Crippen LogP contribution < -0.4 is 10.2 Å². The Morgan fingerprint density at radius 2 is 2.00 bits per heavy atom.